The van der Waals surface area contributed by atoms with Crippen LogP contribution in [-0.4, -0.2) is 27.6 Å². The van der Waals surface area contributed by atoms with E-state index in [4.69, 9.17) is 16.3 Å². The van der Waals surface area contributed by atoms with Gasteiger partial charge in [0.25, 0.3) is 0 Å². The Morgan fingerprint density at radius 2 is 1.76 bits per heavy atom. The first-order valence-corrected chi connectivity index (χ1v) is 8.28. The molecule has 0 radical (unpaired) electrons. The van der Waals surface area contributed by atoms with Crippen LogP contribution in [0, 0.1) is 0 Å². The van der Waals surface area contributed by atoms with Gasteiger partial charge in [-0.2, -0.15) is 0 Å². The highest BCUT2D eigenvalue weighted by molar-refractivity contribution is 7.90. The number of carbonyl (C=O) groups is 1. The average molecular weight is 325 g/mol. The number of benzene rings is 2. The average Bonchev–Trinajstić information content (AvgIpc) is 2.45. The van der Waals surface area contributed by atoms with E-state index in [1.807, 2.05) is 0 Å². The van der Waals surface area contributed by atoms with Crippen LogP contribution in [0.5, 0.6) is 5.75 Å². The Balaban J connectivity index is 2.43. The van der Waals surface area contributed by atoms with Crippen molar-refractivity contribution >= 4 is 27.2 Å². The summed E-state index contributed by atoms with van der Waals surface area (Å²) in [6.45, 7) is 0. The second-order valence-corrected chi connectivity index (χ2v) is 6.90. The summed E-state index contributed by atoms with van der Waals surface area (Å²) in [5.41, 5.74) is 0.658. The largest absolute Gasteiger partial charge is 0.495 e. The molecule has 0 saturated carbocycles. The maximum atomic E-state index is 12.4. The zero-order valence-corrected chi connectivity index (χ0v) is 13.0. The number of carbonyl (C=O) groups excluding carboxylic acids is 1. The van der Waals surface area contributed by atoms with Crippen molar-refractivity contribution in [2.24, 2.45) is 0 Å². The molecule has 0 N–H and O–H groups in total. The summed E-state index contributed by atoms with van der Waals surface area (Å²) < 4.78 is 28.1. The molecular formula is C15H13ClO4S. The quantitative estimate of drug-likeness (QED) is 0.811. The molecular weight excluding hydrogens is 312 g/mol. The predicted molar refractivity (Wildman–Crippen MR) is 81.0 cm³/mol. The number of hydrogen-bond acceptors (Lipinski definition) is 4. The van der Waals surface area contributed by atoms with E-state index in [-0.39, 0.29) is 10.7 Å². The fourth-order valence-electron chi connectivity index (χ4n) is 1.84. The van der Waals surface area contributed by atoms with Crippen LogP contribution < -0.4 is 4.74 Å². The molecule has 110 valence electrons. The zero-order valence-electron chi connectivity index (χ0n) is 11.5. The van der Waals surface area contributed by atoms with Crippen LogP contribution in [0.4, 0.5) is 0 Å². The summed E-state index contributed by atoms with van der Waals surface area (Å²) in [5.74, 6) is 0.170. The molecule has 0 bridgehead atoms. The molecule has 0 aliphatic carbocycles. The van der Waals surface area contributed by atoms with E-state index in [0.717, 1.165) is 6.26 Å². The highest BCUT2D eigenvalue weighted by Gasteiger charge is 2.14. The van der Waals surface area contributed by atoms with Gasteiger partial charge in [0.05, 0.1) is 17.0 Å². The molecule has 0 aromatic heterocycles. The number of rotatable bonds is 4. The number of ketones is 1. The molecule has 0 amide bonds. The molecule has 0 atom stereocenters. The topological polar surface area (TPSA) is 60.4 Å². The molecule has 0 spiro atoms. The maximum Gasteiger partial charge on any atom is 0.193 e. The van der Waals surface area contributed by atoms with Gasteiger partial charge in [0.1, 0.15) is 5.75 Å². The van der Waals surface area contributed by atoms with Crippen molar-refractivity contribution in [2.75, 3.05) is 13.4 Å². The number of ether oxygens (including phenoxy) is 1. The van der Waals surface area contributed by atoms with Crippen molar-refractivity contribution < 1.29 is 17.9 Å². The van der Waals surface area contributed by atoms with Crippen molar-refractivity contribution in [3.05, 3.63) is 58.6 Å². The highest BCUT2D eigenvalue weighted by atomic mass is 35.5. The molecule has 0 aliphatic heterocycles. The van der Waals surface area contributed by atoms with E-state index in [2.05, 4.69) is 0 Å². The Labute approximate surface area is 128 Å². The van der Waals surface area contributed by atoms with E-state index >= 15 is 0 Å². The normalized spacial score (nSPS) is 11.2. The number of hydrogen-bond donors (Lipinski definition) is 0. The Kier molecular flexibility index (Phi) is 4.34. The van der Waals surface area contributed by atoms with Gasteiger partial charge < -0.3 is 4.74 Å². The summed E-state index contributed by atoms with van der Waals surface area (Å²) in [6, 6.07) is 10.6. The highest BCUT2D eigenvalue weighted by Crippen LogP contribution is 2.26. The first kappa shape index (κ1) is 15.5. The summed E-state index contributed by atoms with van der Waals surface area (Å²) in [6.07, 6.45) is 1.10. The lowest BCUT2D eigenvalue weighted by atomic mass is 10.0. The van der Waals surface area contributed by atoms with Crippen LogP contribution in [-0.2, 0) is 9.84 Å². The van der Waals surface area contributed by atoms with Crippen LogP contribution >= 0.6 is 11.6 Å². The van der Waals surface area contributed by atoms with E-state index in [0.29, 0.717) is 21.9 Å². The van der Waals surface area contributed by atoms with E-state index in [1.54, 1.807) is 18.2 Å². The molecule has 0 saturated heterocycles. The summed E-state index contributed by atoms with van der Waals surface area (Å²) in [5, 5.41) is 0.322. The Hall–Kier alpha value is -1.85. The van der Waals surface area contributed by atoms with E-state index < -0.39 is 9.84 Å². The monoisotopic (exact) mass is 324 g/mol. The van der Waals surface area contributed by atoms with Crippen LogP contribution in [0.15, 0.2) is 47.4 Å². The van der Waals surface area contributed by atoms with Gasteiger partial charge in [0, 0.05) is 17.4 Å². The standard InChI is InChI=1S/C15H13ClO4S/c1-20-14-7-6-11(9-13(14)16)15(17)10-4-3-5-12(8-10)21(2,18)19/h3-9H,1-2H3. The van der Waals surface area contributed by atoms with Gasteiger partial charge in [-0.25, -0.2) is 8.42 Å². The van der Waals surface area contributed by atoms with Crippen LogP contribution in [0.3, 0.4) is 0 Å². The third kappa shape index (κ3) is 3.43. The van der Waals surface area contributed by atoms with Crippen molar-refractivity contribution in [2.45, 2.75) is 4.90 Å². The fourth-order valence-corrected chi connectivity index (χ4v) is 2.77. The van der Waals surface area contributed by atoms with Crippen molar-refractivity contribution in [3.8, 4) is 5.75 Å². The number of methoxy groups -OCH3 is 1. The molecule has 4 nitrogen and oxygen atoms in total. The van der Waals surface area contributed by atoms with Gasteiger partial charge in [-0.05, 0) is 30.3 Å². The molecule has 0 aliphatic rings. The van der Waals surface area contributed by atoms with E-state index in [9.17, 15) is 13.2 Å². The molecule has 21 heavy (non-hydrogen) atoms. The summed E-state index contributed by atoms with van der Waals surface area (Å²) in [4.78, 5) is 12.5. The minimum absolute atomic E-state index is 0.105. The lowest BCUT2D eigenvalue weighted by Gasteiger charge is -2.06. The van der Waals surface area contributed by atoms with Crippen molar-refractivity contribution in [3.63, 3.8) is 0 Å². The van der Waals surface area contributed by atoms with Gasteiger partial charge in [0.2, 0.25) is 0 Å². The molecule has 0 heterocycles. The lowest BCUT2D eigenvalue weighted by molar-refractivity contribution is 0.103. The molecule has 2 aromatic rings. The summed E-state index contributed by atoms with van der Waals surface area (Å²) >= 11 is 5.99. The Bertz CT molecular complexity index is 797. The number of sulfone groups is 1. The van der Waals surface area contributed by atoms with Crippen molar-refractivity contribution in [1.29, 1.82) is 0 Å². The van der Waals surface area contributed by atoms with Gasteiger partial charge in [0.15, 0.2) is 15.6 Å². The Morgan fingerprint density at radius 3 is 2.33 bits per heavy atom. The summed E-state index contributed by atoms with van der Waals surface area (Å²) in [7, 11) is -1.87. The maximum absolute atomic E-state index is 12.4. The Morgan fingerprint density at radius 1 is 1.10 bits per heavy atom. The van der Waals surface area contributed by atoms with Crippen LogP contribution in [0.25, 0.3) is 0 Å². The lowest BCUT2D eigenvalue weighted by Crippen LogP contribution is -2.04. The third-order valence-corrected chi connectivity index (χ3v) is 4.34. The molecule has 0 unspecified atom stereocenters. The van der Waals surface area contributed by atoms with Gasteiger partial charge >= 0.3 is 0 Å². The SMILES string of the molecule is COc1ccc(C(=O)c2cccc(S(C)(=O)=O)c2)cc1Cl. The smallest absolute Gasteiger partial charge is 0.193 e. The van der Waals surface area contributed by atoms with Gasteiger partial charge in [-0.15, -0.1) is 0 Å². The predicted octanol–water partition coefficient (Wildman–Crippen LogP) is 2.98. The van der Waals surface area contributed by atoms with E-state index in [1.165, 1.54) is 31.4 Å². The molecule has 2 rings (SSSR count). The van der Waals surface area contributed by atoms with Gasteiger partial charge in [-0.3, -0.25) is 4.79 Å². The first-order chi connectivity index (χ1) is 9.82. The first-order valence-electron chi connectivity index (χ1n) is 6.01. The molecule has 2 aromatic carbocycles. The van der Waals surface area contributed by atoms with Crippen LogP contribution in [0.1, 0.15) is 15.9 Å². The zero-order chi connectivity index (χ0) is 15.6. The molecule has 6 heteroatoms. The second-order valence-electron chi connectivity index (χ2n) is 4.48. The fraction of sp³-hybridized carbons (Fsp3) is 0.133. The third-order valence-electron chi connectivity index (χ3n) is 2.94. The van der Waals surface area contributed by atoms with Crippen molar-refractivity contribution in [1.82, 2.24) is 0 Å². The van der Waals surface area contributed by atoms with Gasteiger partial charge in [-0.1, -0.05) is 23.7 Å². The minimum atomic E-state index is -3.36. The second kappa shape index (κ2) is 5.87. The van der Waals surface area contributed by atoms with Crippen LogP contribution in [0.2, 0.25) is 5.02 Å². The minimum Gasteiger partial charge on any atom is -0.495 e. The molecule has 0 fully saturated rings. The number of halogens is 1.